The molecule has 0 fully saturated rings. The van der Waals surface area contributed by atoms with Crippen molar-refractivity contribution in [2.45, 2.75) is 11.8 Å². The van der Waals surface area contributed by atoms with Gasteiger partial charge in [0.2, 0.25) is 5.91 Å². The highest BCUT2D eigenvalue weighted by Crippen LogP contribution is 2.32. The molecule has 0 spiro atoms. The topological polar surface area (TPSA) is 106 Å². The van der Waals surface area contributed by atoms with Gasteiger partial charge in [-0.1, -0.05) is 12.1 Å². The smallest absolute Gasteiger partial charge is 0.263 e. The summed E-state index contributed by atoms with van der Waals surface area (Å²) in [6.07, 6.45) is 0. The van der Waals surface area contributed by atoms with Crippen LogP contribution in [0.25, 0.3) is 0 Å². The molecule has 1 amide bonds. The predicted molar refractivity (Wildman–Crippen MR) is 101 cm³/mol. The van der Waals surface area contributed by atoms with Crippen LogP contribution in [0.3, 0.4) is 0 Å². The summed E-state index contributed by atoms with van der Waals surface area (Å²) in [6, 6.07) is 9.89. The van der Waals surface area contributed by atoms with Crippen LogP contribution in [0.1, 0.15) is 11.1 Å². The fourth-order valence-electron chi connectivity index (χ4n) is 2.71. The molecule has 1 aliphatic rings. The van der Waals surface area contributed by atoms with Gasteiger partial charge in [-0.25, -0.2) is 8.42 Å². The lowest BCUT2D eigenvalue weighted by atomic mass is 10.1. The number of sulfonamides is 1. The molecule has 142 valence electrons. The van der Waals surface area contributed by atoms with Gasteiger partial charge in [-0.2, -0.15) is 0 Å². The zero-order valence-corrected chi connectivity index (χ0v) is 15.9. The highest BCUT2D eigenvalue weighted by molar-refractivity contribution is 7.90. The number of rotatable bonds is 5. The number of nitrogens with one attached hydrogen (secondary N) is 2. The van der Waals surface area contributed by atoms with Gasteiger partial charge in [-0.05, 0) is 30.7 Å². The van der Waals surface area contributed by atoms with Gasteiger partial charge in [0.1, 0.15) is 12.4 Å². The first-order chi connectivity index (χ1) is 12.9. The predicted octanol–water partition coefficient (Wildman–Crippen LogP) is 1.69. The number of methoxy groups -OCH3 is 2. The van der Waals surface area contributed by atoms with Crippen molar-refractivity contribution in [1.29, 1.82) is 0 Å². The second-order valence-corrected chi connectivity index (χ2v) is 7.49. The van der Waals surface area contributed by atoms with Crippen LogP contribution in [0.2, 0.25) is 0 Å². The summed E-state index contributed by atoms with van der Waals surface area (Å²) < 4.78 is 36.9. The van der Waals surface area contributed by atoms with Crippen LogP contribution in [-0.4, -0.2) is 40.9 Å². The van der Waals surface area contributed by atoms with E-state index in [-0.39, 0.29) is 23.2 Å². The lowest BCUT2D eigenvalue weighted by Gasteiger charge is -2.13. The number of benzene rings is 2. The monoisotopic (exact) mass is 389 g/mol. The van der Waals surface area contributed by atoms with Crippen molar-refractivity contribution < 1.29 is 22.7 Å². The summed E-state index contributed by atoms with van der Waals surface area (Å²) in [6.45, 7) is 1.59. The molecule has 1 heterocycles. The van der Waals surface area contributed by atoms with Crippen LogP contribution >= 0.6 is 0 Å². The van der Waals surface area contributed by atoms with E-state index in [1.807, 2.05) is 6.92 Å². The quantitative estimate of drug-likeness (QED) is 0.809. The number of fused-ring (bicyclic) bond motifs is 1. The number of hydrogen-bond donors (Lipinski definition) is 2. The number of hydrogen-bond acceptors (Lipinski definition) is 6. The molecule has 0 bridgehead atoms. The molecule has 0 radical (unpaired) electrons. The maximum absolute atomic E-state index is 12.3. The minimum atomic E-state index is -3.63. The molecule has 0 atom stereocenters. The van der Waals surface area contributed by atoms with Crippen LogP contribution in [0.15, 0.2) is 46.3 Å². The van der Waals surface area contributed by atoms with Crippen molar-refractivity contribution in [3.8, 4) is 11.5 Å². The molecule has 2 aromatic carbocycles. The Morgan fingerprint density at radius 2 is 1.81 bits per heavy atom. The summed E-state index contributed by atoms with van der Waals surface area (Å²) in [5.41, 5.74) is 1.80. The van der Waals surface area contributed by atoms with Crippen molar-refractivity contribution in [2.75, 3.05) is 26.1 Å². The highest BCUT2D eigenvalue weighted by atomic mass is 32.2. The van der Waals surface area contributed by atoms with E-state index < -0.39 is 10.0 Å². The van der Waals surface area contributed by atoms with Gasteiger partial charge in [0.15, 0.2) is 11.5 Å². The Morgan fingerprint density at radius 1 is 1.15 bits per heavy atom. The third-order valence-electron chi connectivity index (χ3n) is 4.05. The van der Waals surface area contributed by atoms with Gasteiger partial charge < -0.3 is 14.8 Å². The molecule has 27 heavy (non-hydrogen) atoms. The first kappa shape index (κ1) is 18.7. The maximum Gasteiger partial charge on any atom is 0.263 e. The van der Waals surface area contributed by atoms with E-state index in [1.165, 1.54) is 20.3 Å². The normalized spacial score (nSPS) is 15.7. The molecule has 8 nitrogen and oxygen atoms in total. The van der Waals surface area contributed by atoms with Crippen molar-refractivity contribution in [3.63, 3.8) is 0 Å². The number of aliphatic imine (C=N–C) groups is 1. The standard InChI is InChI=1S/C18H19N3O5S/c1-11-8-14(25-2)15(26-3)9-13(11)20-17(22)10-19-18-12-6-4-5-7-16(12)27(23,24)21-18/h4-9H,10H2,1-3H3,(H,19,21)(H,20,22). The van der Waals surface area contributed by atoms with E-state index in [9.17, 15) is 13.2 Å². The lowest BCUT2D eigenvalue weighted by molar-refractivity contribution is -0.114. The van der Waals surface area contributed by atoms with Crippen molar-refractivity contribution in [3.05, 3.63) is 47.5 Å². The van der Waals surface area contributed by atoms with Gasteiger partial charge in [0.05, 0.1) is 19.1 Å². The Bertz CT molecular complexity index is 1030. The fourth-order valence-corrected chi connectivity index (χ4v) is 3.96. The van der Waals surface area contributed by atoms with Crippen molar-refractivity contribution in [1.82, 2.24) is 4.72 Å². The third-order valence-corrected chi connectivity index (χ3v) is 5.45. The number of amidine groups is 1. The van der Waals surface area contributed by atoms with E-state index in [0.29, 0.717) is 22.7 Å². The largest absolute Gasteiger partial charge is 0.493 e. The van der Waals surface area contributed by atoms with Crippen LogP contribution in [0.5, 0.6) is 11.5 Å². The van der Waals surface area contributed by atoms with Gasteiger partial charge in [0, 0.05) is 17.3 Å². The molecule has 1 aliphatic heterocycles. The van der Waals surface area contributed by atoms with Crippen molar-refractivity contribution >= 4 is 27.5 Å². The van der Waals surface area contributed by atoms with Crippen LogP contribution < -0.4 is 19.5 Å². The van der Waals surface area contributed by atoms with Crippen LogP contribution in [-0.2, 0) is 14.8 Å². The maximum atomic E-state index is 12.3. The molecule has 0 saturated carbocycles. The van der Waals surface area contributed by atoms with Crippen LogP contribution in [0, 0.1) is 6.92 Å². The summed E-state index contributed by atoms with van der Waals surface area (Å²) in [4.78, 5) is 16.6. The van der Waals surface area contributed by atoms with E-state index >= 15 is 0 Å². The zero-order chi connectivity index (χ0) is 19.6. The summed E-state index contributed by atoms with van der Waals surface area (Å²) in [7, 11) is -0.586. The number of ether oxygens (including phenoxy) is 2. The first-order valence-corrected chi connectivity index (χ1v) is 9.53. The SMILES string of the molecule is COc1cc(C)c(NC(=O)CN=C2NS(=O)(=O)c3ccccc32)cc1OC. The second kappa shape index (κ2) is 7.28. The number of nitrogens with zero attached hydrogens (tertiary/aromatic N) is 1. The molecule has 2 N–H and O–H groups in total. The Morgan fingerprint density at radius 3 is 2.52 bits per heavy atom. The Hall–Kier alpha value is -3.07. The number of aryl methyl sites for hydroxylation is 1. The molecule has 3 rings (SSSR count). The van der Waals surface area contributed by atoms with Gasteiger partial charge in [-0.3, -0.25) is 14.5 Å². The average molecular weight is 389 g/mol. The number of carbonyl (C=O) groups is 1. The fraction of sp³-hybridized carbons (Fsp3) is 0.222. The van der Waals surface area contributed by atoms with Gasteiger partial charge in [-0.15, -0.1) is 0 Å². The molecular formula is C18H19N3O5S. The van der Waals surface area contributed by atoms with Gasteiger partial charge >= 0.3 is 0 Å². The van der Waals surface area contributed by atoms with Crippen LogP contribution in [0.4, 0.5) is 5.69 Å². The molecule has 9 heteroatoms. The molecule has 0 aromatic heterocycles. The molecule has 0 saturated heterocycles. The Labute approximate surface area is 157 Å². The summed E-state index contributed by atoms with van der Waals surface area (Å²) in [5.74, 6) is 0.818. The van der Waals surface area contributed by atoms with Gasteiger partial charge in [0.25, 0.3) is 10.0 Å². The molecular weight excluding hydrogens is 370 g/mol. The Balaban J connectivity index is 1.77. The first-order valence-electron chi connectivity index (χ1n) is 8.05. The van der Waals surface area contributed by atoms with Crippen molar-refractivity contribution in [2.24, 2.45) is 4.99 Å². The third kappa shape index (κ3) is 3.72. The lowest BCUT2D eigenvalue weighted by Crippen LogP contribution is -2.24. The second-order valence-electron chi connectivity index (χ2n) is 5.84. The molecule has 0 unspecified atom stereocenters. The molecule has 2 aromatic rings. The van der Waals surface area contributed by atoms with E-state index in [4.69, 9.17) is 9.47 Å². The Kier molecular flexibility index (Phi) is 5.04. The average Bonchev–Trinajstić information content (AvgIpc) is 2.92. The minimum absolute atomic E-state index is 0.153. The number of anilines is 1. The number of amides is 1. The van der Waals surface area contributed by atoms with E-state index in [0.717, 1.165) is 5.56 Å². The highest BCUT2D eigenvalue weighted by Gasteiger charge is 2.30. The molecule has 0 aliphatic carbocycles. The summed E-state index contributed by atoms with van der Waals surface area (Å²) >= 11 is 0. The minimum Gasteiger partial charge on any atom is -0.493 e. The van der Waals surface area contributed by atoms with E-state index in [2.05, 4.69) is 15.0 Å². The number of carbonyl (C=O) groups excluding carboxylic acids is 1. The van der Waals surface area contributed by atoms with E-state index in [1.54, 1.807) is 30.3 Å². The zero-order valence-electron chi connectivity index (χ0n) is 15.1. The summed E-state index contributed by atoms with van der Waals surface area (Å²) in [5, 5.41) is 2.75.